The van der Waals surface area contributed by atoms with Crippen LogP contribution in [0, 0.1) is 0 Å². The van der Waals surface area contributed by atoms with Crippen LogP contribution in [0.5, 0.6) is 17.2 Å². The van der Waals surface area contributed by atoms with E-state index in [1.807, 2.05) is 30.3 Å². The van der Waals surface area contributed by atoms with E-state index in [-0.39, 0.29) is 18.4 Å². The largest absolute Gasteiger partial charge is 0.493 e. The molecule has 6 nitrogen and oxygen atoms in total. The summed E-state index contributed by atoms with van der Waals surface area (Å²) in [4.78, 5) is 24.0. The third kappa shape index (κ3) is 4.27. The molecule has 30 heavy (non-hydrogen) atoms. The number of ether oxygens (including phenoxy) is 4. The summed E-state index contributed by atoms with van der Waals surface area (Å²) in [6.45, 7) is 5.47. The number of benzene rings is 2. The van der Waals surface area contributed by atoms with Crippen LogP contribution in [0.1, 0.15) is 49.5 Å². The van der Waals surface area contributed by atoms with Crippen molar-refractivity contribution >= 4 is 11.8 Å². The van der Waals surface area contributed by atoms with E-state index >= 15 is 0 Å². The van der Waals surface area contributed by atoms with Gasteiger partial charge in [0.1, 0.15) is 12.2 Å². The number of carbonyl (C=O) groups is 2. The van der Waals surface area contributed by atoms with Crippen molar-refractivity contribution in [2.75, 3.05) is 20.8 Å². The Bertz CT molecular complexity index is 960. The van der Waals surface area contributed by atoms with Crippen LogP contribution < -0.4 is 14.2 Å². The lowest BCUT2D eigenvalue weighted by Crippen LogP contribution is -2.34. The first-order valence-electron chi connectivity index (χ1n) is 10.1. The molecule has 6 heteroatoms. The Hall–Kier alpha value is -3.02. The minimum Gasteiger partial charge on any atom is -0.493 e. The maximum atomic E-state index is 12.2. The number of ketones is 1. The number of Topliss-reactive ketones (excluding diaryl/α,β-unsaturated/α-hetero) is 1. The zero-order valence-corrected chi connectivity index (χ0v) is 18.2. The van der Waals surface area contributed by atoms with Gasteiger partial charge in [-0.25, -0.2) is 0 Å². The molecule has 0 unspecified atom stereocenters. The number of methoxy groups -OCH3 is 2. The fourth-order valence-electron chi connectivity index (χ4n) is 3.65. The molecule has 0 aliphatic heterocycles. The summed E-state index contributed by atoms with van der Waals surface area (Å²) in [6.07, 6.45) is 1.49. The number of carbonyl (C=O) groups excluding carboxylic acids is 2. The van der Waals surface area contributed by atoms with E-state index in [9.17, 15) is 9.59 Å². The molecular weight excluding hydrogens is 384 g/mol. The standard InChI is InChI=1S/C24H28O6/c1-6-21(26)30-24(2,3)14-29-22-18(11-13-20(27-4)23(22)28-5)15-8-7-9-17-16(15)10-12-19(17)25/h7-9,11,13H,6,10,12,14H2,1-5H3. The highest BCUT2D eigenvalue weighted by molar-refractivity contribution is 6.02. The summed E-state index contributed by atoms with van der Waals surface area (Å²) < 4.78 is 22.7. The van der Waals surface area contributed by atoms with Gasteiger partial charge in [0.25, 0.3) is 0 Å². The molecular formula is C24H28O6. The molecule has 0 heterocycles. The average molecular weight is 412 g/mol. The van der Waals surface area contributed by atoms with E-state index < -0.39 is 5.60 Å². The molecule has 2 aromatic rings. The first-order valence-corrected chi connectivity index (χ1v) is 10.1. The van der Waals surface area contributed by atoms with Crippen molar-refractivity contribution in [1.29, 1.82) is 0 Å². The summed E-state index contributed by atoms with van der Waals surface area (Å²) in [7, 11) is 3.11. The first-order chi connectivity index (χ1) is 14.3. The van der Waals surface area contributed by atoms with Gasteiger partial charge < -0.3 is 18.9 Å². The summed E-state index contributed by atoms with van der Waals surface area (Å²) in [6, 6.07) is 9.45. The fraction of sp³-hybridized carbons (Fsp3) is 0.417. The normalized spacial score (nSPS) is 13.0. The van der Waals surface area contributed by atoms with Crippen molar-refractivity contribution in [3.63, 3.8) is 0 Å². The zero-order valence-electron chi connectivity index (χ0n) is 18.2. The Morgan fingerprint density at radius 3 is 2.37 bits per heavy atom. The van der Waals surface area contributed by atoms with Crippen LogP contribution in [0.2, 0.25) is 0 Å². The highest BCUT2D eigenvalue weighted by Gasteiger charge is 2.28. The van der Waals surface area contributed by atoms with Crippen LogP contribution in [0.25, 0.3) is 11.1 Å². The molecule has 0 saturated heterocycles. The lowest BCUT2D eigenvalue weighted by Gasteiger charge is -2.27. The van der Waals surface area contributed by atoms with Crippen LogP contribution in [0.4, 0.5) is 0 Å². The minimum atomic E-state index is -0.826. The van der Waals surface area contributed by atoms with Gasteiger partial charge in [0.2, 0.25) is 5.75 Å². The van der Waals surface area contributed by atoms with Crippen LogP contribution in [-0.2, 0) is 16.0 Å². The zero-order chi connectivity index (χ0) is 21.9. The number of hydrogen-bond donors (Lipinski definition) is 0. The molecule has 0 radical (unpaired) electrons. The number of esters is 1. The summed E-state index contributed by atoms with van der Waals surface area (Å²) in [5.74, 6) is 1.34. The van der Waals surface area contributed by atoms with Crippen molar-refractivity contribution in [2.45, 2.75) is 45.6 Å². The molecule has 1 aliphatic carbocycles. The monoisotopic (exact) mass is 412 g/mol. The quantitative estimate of drug-likeness (QED) is 0.590. The third-order valence-electron chi connectivity index (χ3n) is 5.11. The van der Waals surface area contributed by atoms with E-state index in [2.05, 4.69) is 0 Å². The third-order valence-corrected chi connectivity index (χ3v) is 5.11. The molecule has 0 spiro atoms. The second kappa shape index (κ2) is 8.78. The second-order valence-corrected chi connectivity index (χ2v) is 7.81. The lowest BCUT2D eigenvalue weighted by atomic mass is 9.95. The van der Waals surface area contributed by atoms with E-state index in [0.717, 1.165) is 22.3 Å². The molecule has 160 valence electrons. The molecule has 2 aromatic carbocycles. The van der Waals surface area contributed by atoms with Gasteiger partial charge >= 0.3 is 5.97 Å². The smallest absolute Gasteiger partial charge is 0.306 e. The van der Waals surface area contributed by atoms with Crippen LogP contribution in [-0.4, -0.2) is 38.2 Å². The van der Waals surface area contributed by atoms with Crippen molar-refractivity contribution in [3.05, 3.63) is 41.5 Å². The van der Waals surface area contributed by atoms with Gasteiger partial charge in [-0.15, -0.1) is 0 Å². The van der Waals surface area contributed by atoms with Gasteiger partial charge in [-0.05, 0) is 43.5 Å². The summed E-state index contributed by atoms with van der Waals surface area (Å²) >= 11 is 0. The van der Waals surface area contributed by atoms with Gasteiger partial charge in [-0.2, -0.15) is 0 Å². The van der Waals surface area contributed by atoms with Crippen molar-refractivity contribution in [3.8, 4) is 28.4 Å². The Balaban J connectivity index is 2.06. The van der Waals surface area contributed by atoms with Crippen LogP contribution in [0.3, 0.4) is 0 Å². The molecule has 0 saturated carbocycles. The van der Waals surface area contributed by atoms with Gasteiger partial charge in [0, 0.05) is 24.0 Å². The molecule has 0 aromatic heterocycles. The van der Waals surface area contributed by atoms with E-state index in [4.69, 9.17) is 18.9 Å². The van der Waals surface area contributed by atoms with Gasteiger partial charge in [-0.1, -0.05) is 25.1 Å². The first kappa shape index (κ1) is 21.7. The highest BCUT2D eigenvalue weighted by atomic mass is 16.6. The van der Waals surface area contributed by atoms with Gasteiger partial charge in [-0.3, -0.25) is 9.59 Å². The van der Waals surface area contributed by atoms with Gasteiger partial charge in [0.05, 0.1) is 14.2 Å². The predicted molar refractivity (Wildman–Crippen MR) is 114 cm³/mol. The number of fused-ring (bicyclic) bond motifs is 1. The minimum absolute atomic E-state index is 0.128. The average Bonchev–Trinajstić information content (AvgIpc) is 3.12. The van der Waals surface area contributed by atoms with Crippen LogP contribution >= 0.6 is 0 Å². The Morgan fingerprint density at radius 1 is 0.967 bits per heavy atom. The van der Waals surface area contributed by atoms with Crippen molar-refractivity contribution in [2.24, 2.45) is 0 Å². The Kier molecular flexibility index (Phi) is 6.34. The molecule has 0 amide bonds. The topological polar surface area (TPSA) is 71.1 Å². The molecule has 0 fully saturated rings. The molecule has 0 bridgehead atoms. The number of rotatable bonds is 8. The Morgan fingerprint density at radius 2 is 1.70 bits per heavy atom. The summed E-state index contributed by atoms with van der Waals surface area (Å²) in [5, 5.41) is 0. The second-order valence-electron chi connectivity index (χ2n) is 7.81. The van der Waals surface area contributed by atoms with E-state index in [1.54, 1.807) is 35.0 Å². The predicted octanol–water partition coefficient (Wildman–Crippen LogP) is 4.61. The Labute approximate surface area is 177 Å². The van der Waals surface area contributed by atoms with E-state index in [1.165, 1.54) is 0 Å². The molecule has 3 rings (SSSR count). The lowest BCUT2D eigenvalue weighted by molar-refractivity contribution is -0.158. The summed E-state index contributed by atoms with van der Waals surface area (Å²) in [5.41, 5.74) is 2.67. The highest BCUT2D eigenvalue weighted by Crippen LogP contribution is 2.46. The van der Waals surface area contributed by atoms with E-state index in [0.29, 0.717) is 36.5 Å². The molecule has 0 atom stereocenters. The van der Waals surface area contributed by atoms with Gasteiger partial charge in [0.15, 0.2) is 17.3 Å². The molecule has 1 aliphatic rings. The van der Waals surface area contributed by atoms with Crippen molar-refractivity contribution < 1.29 is 28.5 Å². The fourth-order valence-corrected chi connectivity index (χ4v) is 3.65. The van der Waals surface area contributed by atoms with Crippen LogP contribution in [0.15, 0.2) is 30.3 Å². The maximum Gasteiger partial charge on any atom is 0.306 e. The maximum absolute atomic E-state index is 12.2. The number of hydrogen-bond acceptors (Lipinski definition) is 6. The van der Waals surface area contributed by atoms with Crippen molar-refractivity contribution in [1.82, 2.24) is 0 Å². The SMILES string of the molecule is CCC(=O)OC(C)(C)COc1c(-c2cccc3c2CCC3=O)ccc(OC)c1OC. The molecule has 0 N–H and O–H groups in total.